The molecule has 3 atom stereocenters. The molecule has 148 valence electrons. The molecule has 6 heteroatoms. The highest BCUT2D eigenvalue weighted by Crippen LogP contribution is 2.35. The van der Waals surface area contributed by atoms with Crippen molar-refractivity contribution in [2.75, 3.05) is 13.2 Å². The molecule has 0 aromatic carbocycles. The molecule has 27 heavy (non-hydrogen) atoms. The van der Waals surface area contributed by atoms with Crippen molar-refractivity contribution >= 4 is 23.5 Å². The van der Waals surface area contributed by atoms with Gasteiger partial charge in [-0.1, -0.05) is 32.1 Å². The first-order chi connectivity index (χ1) is 13.2. The van der Waals surface area contributed by atoms with E-state index in [4.69, 9.17) is 9.15 Å². The minimum Gasteiger partial charge on any atom is -0.468 e. The molecule has 4 rings (SSSR count). The predicted octanol–water partition coefficient (Wildman–Crippen LogP) is 3.81. The number of hydrogen-bond donors (Lipinski definition) is 0. The minimum atomic E-state index is -0.357. The first-order valence-electron chi connectivity index (χ1n) is 10.3. The van der Waals surface area contributed by atoms with E-state index in [0.29, 0.717) is 18.2 Å². The molecule has 2 saturated heterocycles. The quantitative estimate of drug-likeness (QED) is 0.738. The second kappa shape index (κ2) is 8.82. The summed E-state index contributed by atoms with van der Waals surface area (Å²) in [5.41, 5.74) is 0. The SMILES string of the molecule is O=C1COC2CCCN(C(=O)C(CC3CCCCC3)SCc3ccco3)C12. The van der Waals surface area contributed by atoms with Gasteiger partial charge in [0.15, 0.2) is 5.78 Å². The van der Waals surface area contributed by atoms with Gasteiger partial charge in [-0.2, -0.15) is 0 Å². The van der Waals surface area contributed by atoms with Crippen molar-refractivity contribution in [2.24, 2.45) is 5.92 Å². The number of furan rings is 1. The fraction of sp³-hybridized carbons (Fsp3) is 0.714. The number of rotatable bonds is 6. The molecule has 0 N–H and O–H groups in total. The van der Waals surface area contributed by atoms with Crippen molar-refractivity contribution in [3.05, 3.63) is 24.2 Å². The van der Waals surface area contributed by atoms with Crippen molar-refractivity contribution in [3.63, 3.8) is 0 Å². The molecule has 0 bridgehead atoms. The summed E-state index contributed by atoms with van der Waals surface area (Å²) < 4.78 is 11.1. The van der Waals surface area contributed by atoms with Gasteiger partial charge in [-0.3, -0.25) is 9.59 Å². The molecule has 3 unspecified atom stereocenters. The normalized spacial score (nSPS) is 27.6. The van der Waals surface area contributed by atoms with Gasteiger partial charge in [0.2, 0.25) is 5.91 Å². The first kappa shape index (κ1) is 19.1. The molecule has 0 radical (unpaired) electrons. The lowest BCUT2D eigenvalue weighted by Gasteiger charge is -2.38. The van der Waals surface area contributed by atoms with Gasteiger partial charge in [-0.05, 0) is 37.3 Å². The molecule has 3 heterocycles. The Morgan fingerprint density at radius 1 is 1.22 bits per heavy atom. The van der Waals surface area contributed by atoms with E-state index in [1.54, 1.807) is 18.0 Å². The minimum absolute atomic E-state index is 0.0699. The standard InChI is InChI=1S/C21H29NO4S/c23-17-13-26-18-9-4-10-22(20(17)18)21(24)19(12-15-6-2-1-3-7-15)27-14-16-8-5-11-25-16/h5,8,11,15,18-20H,1-4,6-7,9-10,12-14H2. The van der Waals surface area contributed by atoms with Gasteiger partial charge in [0.05, 0.1) is 23.4 Å². The van der Waals surface area contributed by atoms with Gasteiger partial charge < -0.3 is 14.1 Å². The van der Waals surface area contributed by atoms with Crippen molar-refractivity contribution in [3.8, 4) is 0 Å². The van der Waals surface area contributed by atoms with Crippen LogP contribution in [0.1, 0.15) is 57.1 Å². The van der Waals surface area contributed by atoms with E-state index in [1.807, 2.05) is 17.0 Å². The smallest absolute Gasteiger partial charge is 0.236 e. The van der Waals surface area contributed by atoms with Crippen LogP contribution in [0.4, 0.5) is 0 Å². The summed E-state index contributed by atoms with van der Waals surface area (Å²) in [7, 11) is 0. The largest absolute Gasteiger partial charge is 0.468 e. The van der Waals surface area contributed by atoms with Crippen LogP contribution < -0.4 is 0 Å². The zero-order valence-electron chi connectivity index (χ0n) is 15.8. The van der Waals surface area contributed by atoms with Gasteiger partial charge in [0.25, 0.3) is 0 Å². The Balaban J connectivity index is 1.47. The van der Waals surface area contributed by atoms with Crippen LogP contribution >= 0.6 is 11.8 Å². The molecule has 0 spiro atoms. The lowest BCUT2D eigenvalue weighted by atomic mass is 9.85. The number of likely N-dealkylation sites (tertiary alicyclic amines) is 1. The van der Waals surface area contributed by atoms with Crippen molar-refractivity contribution < 1.29 is 18.7 Å². The highest BCUT2D eigenvalue weighted by atomic mass is 32.2. The Morgan fingerprint density at radius 2 is 2.07 bits per heavy atom. The van der Waals surface area contributed by atoms with Crippen LogP contribution in [0.15, 0.2) is 22.8 Å². The molecule has 1 aromatic heterocycles. The summed E-state index contributed by atoms with van der Waals surface area (Å²) in [6, 6.07) is 3.49. The van der Waals surface area contributed by atoms with E-state index < -0.39 is 0 Å². The maximum atomic E-state index is 13.5. The summed E-state index contributed by atoms with van der Waals surface area (Å²) in [6.45, 7) is 0.837. The number of hydrogen-bond acceptors (Lipinski definition) is 5. The average Bonchev–Trinajstić information content (AvgIpc) is 3.35. The Kier molecular flexibility index (Phi) is 6.23. The zero-order chi connectivity index (χ0) is 18.6. The molecule has 5 nitrogen and oxygen atoms in total. The number of carbonyl (C=O) groups is 2. The lowest BCUT2D eigenvalue weighted by molar-refractivity contribution is -0.140. The number of ketones is 1. The van der Waals surface area contributed by atoms with E-state index in [-0.39, 0.29) is 35.7 Å². The zero-order valence-corrected chi connectivity index (χ0v) is 16.6. The molecule has 2 aliphatic heterocycles. The number of amides is 1. The van der Waals surface area contributed by atoms with E-state index in [9.17, 15) is 9.59 Å². The van der Waals surface area contributed by atoms with E-state index >= 15 is 0 Å². The van der Waals surface area contributed by atoms with Crippen LogP contribution in [0.3, 0.4) is 0 Å². The summed E-state index contributed by atoms with van der Waals surface area (Å²) >= 11 is 1.67. The van der Waals surface area contributed by atoms with Gasteiger partial charge in [-0.15, -0.1) is 11.8 Å². The topological polar surface area (TPSA) is 59.8 Å². The number of Topliss-reactive ketones (excluding diaryl/α,β-unsaturated/α-hetero) is 1. The number of fused-ring (bicyclic) bond motifs is 1. The Labute approximate surface area is 165 Å². The molecule has 3 aliphatic rings. The molecule has 3 fully saturated rings. The van der Waals surface area contributed by atoms with Crippen LogP contribution in [0.2, 0.25) is 0 Å². The van der Waals surface area contributed by atoms with E-state index in [1.165, 1.54) is 32.1 Å². The number of piperidine rings is 1. The number of ether oxygens (including phenoxy) is 1. The highest BCUT2D eigenvalue weighted by molar-refractivity contribution is 7.99. The number of thioether (sulfide) groups is 1. The Morgan fingerprint density at radius 3 is 2.85 bits per heavy atom. The summed E-state index contributed by atoms with van der Waals surface area (Å²) in [4.78, 5) is 27.7. The van der Waals surface area contributed by atoms with Crippen LogP contribution in [-0.4, -0.2) is 47.1 Å². The third kappa shape index (κ3) is 4.43. The van der Waals surface area contributed by atoms with Crippen molar-refractivity contribution in [1.82, 2.24) is 4.90 Å². The second-order valence-corrected chi connectivity index (χ2v) is 9.24. The Hall–Kier alpha value is -1.27. The van der Waals surface area contributed by atoms with Crippen LogP contribution in [-0.2, 0) is 20.1 Å². The van der Waals surface area contributed by atoms with Crippen molar-refractivity contribution in [1.29, 1.82) is 0 Å². The fourth-order valence-electron chi connectivity index (χ4n) is 4.77. The number of carbonyl (C=O) groups excluding carboxylic acids is 2. The molecule has 1 aromatic rings. The molecule has 1 aliphatic carbocycles. The number of nitrogens with zero attached hydrogens (tertiary/aromatic N) is 1. The maximum absolute atomic E-state index is 13.5. The van der Waals surface area contributed by atoms with Crippen LogP contribution in [0.25, 0.3) is 0 Å². The van der Waals surface area contributed by atoms with Gasteiger partial charge in [0, 0.05) is 6.54 Å². The van der Waals surface area contributed by atoms with Crippen molar-refractivity contribution in [2.45, 2.75) is 74.5 Å². The fourth-order valence-corrected chi connectivity index (χ4v) is 5.98. The monoisotopic (exact) mass is 391 g/mol. The highest BCUT2D eigenvalue weighted by Gasteiger charge is 2.45. The third-order valence-corrected chi connectivity index (χ3v) is 7.43. The third-order valence-electron chi connectivity index (χ3n) is 6.18. The predicted molar refractivity (Wildman–Crippen MR) is 104 cm³/mol. The lowest BCUT2D eigenvalue weighted by Crippen LogP contribution is -2.54. The molecule has 1 amide bonds. The van der Waals surface area contributed by atoms with Gasteiger partial charge in [0.1, 0.15) is 18.4 Å². The summed E-state index contributed by atoms with van der Waals surface area (Å²) in [5, 5.41) is -0.106. The van der Waals surface area contributed by atoms with E-state index in [0.717, 1.165) is 25.0 Å². The van der Waals surface area contributed by atoms with Gasteiger partial charge in [-0.25, -0.2) is 0 Å². The maximum Gasteiger partial charge on any atom is 0.236 e. The summed E-state index contributed by atoms with van der Waals surface area (Å²) in [5.74, 6) is 2.42. The van der Waals surface area contributed by atoms with Crippen LogP contribution in [0, 0.1) is 5.92 Å². The summed E-state index contributed by atoms with van der Waals surface area (Å²) in [6.07, 6.45) is 10.6. The van der Waals surface area contributed by atoms with Crippen LogP contribution in [0.5, 0.6) is 0 Å². The molecular formula is C21H29NO4S. The van der Waals surface area contributed by atoms with Gasteiger partial charge >= 0.3 is 0 Å². The molecular weight excluding hydrogens is 362 g/mol. The van der Waals surface area contributed by atoms with E-state index in [2.05, 4.69) is 0 Å². The first-order valence-corrected chi connectivity index (χ1v) is 11.4. The second-order valence-electron chi connectivity index (χ2n) is 8.05. The molecule has 1 saturated carbocycles. The average molecular weight is 392 g/mol. The Bertz CT molecular complexity index is 641.